The number of hydrogen-bond donors (Lipinski definition) is 0. The second-order valence-electron chi connectivity index (χ2n) is 4.96. The first-order valence-electron chi connectivity index (χ1n) is 6.80. The van der Waals surface area contributed by atoms with E-state index in [1.54, 1.807) is 0 Å². The van der Waals surface area contributed by atoms with E-state index in [-0.39, 0.29) is 0 Å². The van der Waals surface area contributed by atoms with Gasteiger partial charge in [-0.25, -0.2) is 4.98 Å². The van der Waals surface area contributed by atoms with E-state index in [0.29, 0.717) is 0 Å². The maximum absolute atomic E-state index is 4.62. The molecule has 1 aliphatic heterocycles. The molecule has 3 aromatic rings. The molecule has 2 aromatic carbocycles. The van der Waals surface area contributed by atoms with Gasteiger partial charge >= 0.3 is 0 Å². The molecule has 0 bridgehead atoms. The molecule has 0 aliphatic carbocycles. The molecule has 0 unspecified atom stereocenters. The molecule has 1 aromatic heterocycles. The van der Waals surface area contributed by atoms with Gasteiger partial charge in [0, 0.05) is 23.8 Å². The molecule has 0 amide bonds. The monoisotopic (exact) mass is 258 g/mol. The Morgan fingerprint density at radius 3 is 2.65 bits per heavy atom. The fourth-order valence-electron chi connectivity index (χ4n) is 2.69. The van der Waals surface area contributed by atoms with Crippen LogP contribution in [0.3, 0.4) is 0 Å². The van der Waals surface area contributed by atoms with Gasteiger partial charge in [-0.1, -0.05) is 54.6 Å². The highest BCUT2D eigenvalue weighted by Gasteiger charge is 2.15. The second kappa shape index (κ2) is 4.49. The molecule has 96 valence electrons. The molecule has 2 heteroatoms. The average molecular weight is 258 g/mol. The van der Waals surface area contributed by atoms with Crippen molar-refractivity contribution in [1.82, 2.24) is 4.98 Å². The van der Waals surface area contributed by atoms with Crippen LogP contribution in [0.15, 0.2) is 66.9 Å². The topological polar surface area (TPSA) is 16.1 Å². The number of fused-ring (bicyclic) bond motifs is 2. The number of aromatic nitrogens is 1. The van der Waals surface area contributed by atoms with Crippen LogP contribution in [-0.4, -0.2) is 11.5 Å². The summed E-state index contributed by atoms with van der Waals surface area (Å²) in [6.45, 7) is 0.863. The third kappa shape index (κ3) is 1.77. The molecular formula is C18H14N2. The van der Waals surface area contributed by atoms with Crippen molar-refractivity contribution in [3.8, 4) is 0 Å². The van der Waals surface area contributed by atoms with Crippen molar-refractivity contribution in [3.05, 3.63) is 72.4 Å². The third-order valence-electron chi connectivity index (χ3n) is 3.71. The van der Waals surface area contributed by atoms with Crippen molar-refractivity contribution >= 4 is 28.4 Å². The van der Waals surface area contributed by atoms with Gasteiger partial charge in [0.25, 0.3) is 0 Å². The summed E-state index contributed by atoms with van der Waals surface area (Å²) in [5, 5.41) is 2.40. The van der Waals surface area contributed by atoms with Crippen LogP contribution in [0.2, 0.25) is 0 Å². The Bertz CT molecular complexity index is 805. The summed E-state index contributed by atoms with van der Waals surface area (Å²) in [6, 6.07) is 18.9. The number of hydrogen-bond acceptors (Lipinski definition) is 2. The van der Waals surface area contributed by atoms with E-state index in [1.807, 2.05) is 12.3 Å². The molecule has 0 saturated carbocycles. The van der Waals surface area contributed by atoms with E-state index < -0.39 is 0 Å². The Hall–Kier alpha value is -2.61. The lowest BCUT2D eigenvalue weighted by atomic mass is 10.1. The van der Waals surface area contributed by atoms with Crippen LogP contribution in [0.1, 0.15) is 5.56 Å². The van der Waals surface area contributed by atoms with Crippen LogP contribution in [-0.2, 0) is 0 Å². The molecule has 1 aliphatic rings. The number of benzene rings is 2. The lowest BCUT2D eigenvalue weighted by molar-refractivity contribution is 1.04. The predicted molar refractivity (Wildman–Crippen MR) is 84.2 cm³/mol. The largest absolute Gasteiger partial charge is 0.322 e. The second-order valence-corrected chi connectivity index (χ2v) is 4.96. The highest BCUT2D eigenvalue weighted by Crippen LogP contribution is 2.32. The first-order valence-corrected chi connectivity index (χ1v) is 6.80. The van der Waals surface area contributed by atoms with Crippen LogP contribution >= 0.6 is 0 Å². The number of anilines is 2. The van der Waals surface area contributed by atoms with Gasteiger partial charge in [-0.15, -0.1) is 0 Å². The SMILES string of the molecule is C1=Cc2ccccc2N(c2cc3ccccc3cn2)C1. The minimum atomic E-state index is 0.863. The van der Waals surface area contributed by atoms with E-state index in [4.69, 9.17) is 0 Å². The summed E-state index contributed by atoms with van der Waals surface area (Å²) >= 11 is 0. The van der Waals surface area contributed by atoms with E-state index in [9.17, 15) is 0 Å². The normalized spacial score (nSPS) is 13.5. The number of pyridine rings is 1. The predicted octanol–water partition coefficient (Wildman–Crippen LogP) is 4.40. The van der Waals surface area contributed by atoms with Crippen molar-refractivity contribution in [3.63, 3.8) is 0 Å². The molecule has 0 spiro atoms. The Labute approximate surface area is 118 Å². The van der Waals surface area contributed by atoms with Crippen LogP contribution in [0.25, 0.3) is 16.8 Å². The molecule has 4 rings (SSSR count). The molecule has 20 heavy (non-hydrogen) atoms. The van der Waals surface area contributed by atoms with Gasteiger partial charge in [-0.2, -0.15) is 0 Å². The minimum Gasteiger partial charge on any atom is -0.322 e. The fourth-order valence-corrected chi connectivity index (χ4v) is 2.69. The minimum absolute atomic E-state index is 0.863. The Balaban J connectivity index is 1.85. The van der Waals surface area contributed by atoms with Gasteiger partial charge in [0.1, 0.15) is 5.82 Å². The summed E-state index contributed by atoms with van der Waals surface area (Å²) < 4.78 is 0. The highest BCUT2D eigenvalue weighted by molar-refractivity contribution is 5.86. The molecule has 2 heterocycles. The van der Waals surface area contributed by atoms with Gasteiger partial charge in [-0.3, -0.25) is 0 Å². The lowest BCUT2D eigenvalue weighted by Crippen LogP contribution is -2.21. The molecular weight excluding hydrogens is 244 g/mol. The van der Waals surface area contributed by atoms with Gasteiger partial charge in [0.05, 0.1) is 0 Å². The zero-order chi connectivity index (χ0) is 13.4. The summed E-state index contributed by atoms with van der Waals surface area (Å²) in [6.07, 6.45) is 6.30. The molecule has 0 N–H and O–H groups in total. The molecule has 0 saturated heterocycles. The Morgan fingerprint density at radius 2 is 1.70 bits per heavy atom. The standard InChI is InChI=1S/C18H14N2/c1-2-8-16-13-19-18(12-15(16)7-1)20-11-5-9-14-6-3-4-10-17(14)20/h1-10,12-13H,11H2. The van der Waals surface area contributed by atoms with E-state index >= 15 is 0 Å². The van der Waals surface area contributed by atoms with Crippen molar-refractivity contribution in [2.75, 3.05) is 11.4 Å². The number of para-hydroxylation sites is 1. The van der Waals surface area contributed by atoms with Crippen LogP contribution < -0.4 is 4.90 Å². The van der Waals surface area contributed by atoms with Crippen molar-refractivity contribution in [2.24, 2.45) is 0 Å². The summed E-state index contributed by atoms with van der Waals surface area (Å²) in [4.78, 5) is 6.87. The average Bonchev–Trinajstić information content (AvgIpc) is 2.54. The Kier molecular flexibility index (Phi) is 2.52. The van der Waals surface area contributed by atoms with Crippen LogP contribution in [0.4, 0.5) is 11.5 Å². The summed E-state index contributed by atoms with van der Waals surface area (Å²) in [7, 11) is 0. The van der Waals surface area contributed by atoms with Gasteiger partial charge in [0.15, 0.2) is 0 Å². The maximum Gasteiger partial charge on any atom is 0.133 e. The van der Waals surface area contributed by atoms with E-state index in [2.05, 4.69) is 70.6 Å². The molecule has 0 radical (unpaired) electrons. The summed E-state index contributed by atoms with van der Waals surface area (Å²) in [5.74, 6) is 1.00. The van der Waals surface area contributed by atoms with Crippen molar-refractivity contribution in [1.29, 1.82) is 0 Å². The van der Waals surface area contributed by atoms with E-state index in [0.717, 1.165) is 12.4 Å². The number of nitrogens with zero attached hydrogens (tertiary/aromatic N) is 2. The lowest BCUT2D eigenvalue weighted by Gasteiger charge is -2.27. The summed E-state index contributed by atoms with van der Waals surface area (Å²) in [5.41, 5.74) is 2.46. The first-order chi connectivity index (χ1) is 9.92. The smallest absolute Gasteiger partial charge is 0.133 e. The number of rotatable bonds is 1. The molecule has 2 nitrogen and oxygen atoms in total. The van der Waals surface area contributed by atoms with Gasteiger partial charge < -0.3 is 4.90 Å². The third-order valence-corrected chi connectivity index (χ3v) is 3.71. The first kappa shape index (κ1) is 11.2. The zero-order valence-electron chi connectivity index (χ0n) is 11.0. The van der Waals surface area contributed by atoms with Crippen molar-refractivity contribution in [2.45, 2.75) is 0 Å². The van der Waals surface area contributed by atoms with Crippen LogP contribution in [0.5, 0.6) is 0 Å². The van der Waals surface area contributed by atoms with Gasteiger partial charge in [0.2, 0.25) is 0 Å². The Morgan fingerprint density at radius 1 is 0.900 bits per heavy atom. The van der Waals surface area contributed by atoms with Gasteiger partial charge in [-0.05, 0) is 23.1 Å². The van der Waals surface area contributed by atoms with Crippen molar-refractivity contribution < 1.29 is 0 Å². The fraction of sp³-hybridized carbons (Fsp3) is 0.0556. The molecule has 0 atom stereocenters. The quantitative estimate of drug-likeness (QED) is 0.643. The highest BCUT2D eigenvalue weighted by atomic mass is 15.2. The maximum atomic E-state index is 4.62. The zero-order valence-corrected chi connectivity index (χ0v) is 11.0. The molecule has 0 fully saturated rings. The van der Waals surface area contributed by atoms with Crippen LogP contribution in [0, 0.1) is 0 Å². The van der Waals surface area contributed by atoms with E-state index in [1.165, 1.54) is 22.0 Å².